The molecule has 1 saturated heterocycles. The third-order valence-electron chi connectivity index (χ3n) is 3.41. The van der Waals surface area contributed by atoms with Gasteiger partial charge in [0.05, 0.1) is 0 Å². The molecule has 1 aromatic rings. The topological polar surface area (TPSA) is 201 Å². The average Bonchev–Trinajstić information content (AvgIpc) is 2.76. The maximum absolute atomic E-state index is 14.9. The molecule has 0 aliphatic carbocycles. The van der Waals surface area contributed by atoms with Gasteiger partial charge < -0.3 is 29.6 Å². The first-order chi connectivity index (χ1) is 12.7. The number of halogens is 1. The van der Waals surface area contributed by atoms with Crippen molar-refractivity contribution >= 4 is 27.9 Å². The molecule has 1 aliphatic heterocycles. The molecule has 17 heteroatoms. The van der Waals surface area contributed by atoms with Crippen molar-refractivity contribution in [3.8, 4) is 12.3 Å². The number of alkyl halides is 1. The highest BCUT2D eigenvalue weighted by atomic mass is 32.1. The third kappa shape index (κ3) is 5.01. The molecule has 0 saturated carbocycles. The van der Waals surface area contributed by atoms with Crippen molar-refractivity contribution in [3.63, 3.8) is 0 Å². The Bertz CT molecular complexity index is 1020. The number of aromatic amines is 1. The van der Waals surface area contributed by atoms with Crippen LogP contribution >= 0.6 is 27.9 Å². The summed E-state index contributed by atoms with van der Waals surface area (Å²) in [6.07, 6.45) is -0.0549. The van der Waals surface area contributed by atoms with E-state index in [2.05, 4.69) is 13.8 Å². The number of hydrogen-bond donors (Lipinski definition) is 6. The van der Waals surface area contributed by atoms with Crippen LogP contribution in [0.1, 0.15) is 11.8 Å². The molecule has 2 rings (SSSR count). The van der Waals surface area contributed by atoms with Crippen LogP contribution in [-0.2, 0) is 22.7 Å². The second-order valence-corrected chi connectivity index (χ2v) is 8.61. The number of aromatic nitrogens is 2. The van der Waals surface area contributed by atoms with Gasteiger partial charge in [-0.25, -0.2) is 13.5 Å². The third-order valence-corrected chi connectivity index (χ3v) is 5.85. The maximum atomic E-state index is 14.9. The monoisotopic (exact) mass is 462 g/mol. The van der Waals surface area contributed by atoms with E-state index in [0.29, 0.717) is 0 Å². The quantitative estimate of drug-likeness (QED) is 0.172. The fourth-order valence-corrected chi connectivity index (χ4v) is 4.05. The van der Waals surface area contributed by atoms with Gasteiger partial charge in [0.1, 0.15) is 24.4 Å². The van der Waals surface area contributed by atoms with Gasteiger partial charge in [-0.2, -0.15) is 4.31 Å². The van der Waals surface area contributed by atoms with Gasteiger partial charge in [-0.15, -0.1) is 6.42 Å². The van der Waals surface area contributed by atoms with Gasteiger partial charge in [-0.1, -0.05) is 5.92 Å². The molecule has 2 heterocycles. The zero-order valence-corrected chi connectivity index (χ0v) is 16.0. The van der Waals surface area contributed by atoms with Crippen molar-refractivity contribution in [2.45, 2.75) is 24.3 Å². The number of phosphoric ester groups is 1. The molecule has 0 amide bonds. The van der Waals surface area contributed by atoms with E-state index in [9.17, 15) is 33.4 Å². The Balaban J connectivity index is 2.28. The van der Waals surface area contributed by atoms with Gasteiger partial charge in [0.2, 0.25) is 0 Å². The summed E-state index contributed by atoms with van der Waals surface area (Å²) >= 11 is 4.86. The number of ether oxygens (including phenoxy) is 1. The SMILES string of the molecule is C#Cc1cn([C@@H]2O[C@](F)(COP(=O)(O)OP(=O)(O)O)[C@@H](O)[C@H]2O)c(=S)[nH]c1=O. The lowest BCUT2D eigenvalue weighted by molar-refractivity contribution is -0.204. The van der Waals surface area contributed by atoms with Gasteiger partial charge in [0.25, 0.3) is 11.4 Å². The van der Waals surface area contributed by atoms with E-state index in [-0.39, 0.29) is 10.3 Å². The molecule has 1 unspecified atom stereocenters. The highest BCUT2D eigenvalue weighted by Crippen LogP contribution is 2.58. The zero-order chi connectivity index (χ0) is 21.5. The molecular formula is C11H13FN2O11P2S. The number of phosphoric acid groups is 2. The normalized spacial score (nSPS) is 30.0. The number of aliphatic hydroxyl groups excluding tert-OH is 2. The average molecular weight is 462 g/mol. The summed E-state index contributed by atoms with van der Waals surface area (Å²) in [5, 5.41) is 19.9. The van der Waals surface area contributed by atoms with Crippen LogP contribution in [-0.4, -0.2) is 59.1 Å². The smallest absolute Gasteiger partial charge is 0.385 e. The van der Waals surface area contributed by atoms with Crippen LogP contribution in [0.15, 0.2) is 11.0 Å². The fraction of sp³-hybridized carbons (Fsp3) is 0.455. The minimum absolute atomic E-state index is 0.263. The van der Waals surface area contributed by atoms with Crippen molar-refractivity contribution in [1.29, 1.82) is 0 Å². The summed E-state index contributed by atoms with van der Waals surface area (Å²) < 4.78 is 49.7. The fourth-order valence-electron chi connectivity index (χ4n) is 2.20. The summed E-state index contributed by atoms with van der Waals surface area (Å²) in [6.45, 7) is -1.58. The molecule has 0 aromatic carbocycles. The van der Waals surface area contributed by atoms with Gasteiger partial charge >= 0.3 is 15.6 Å². The van der Waals surface area contributed by atoms with Crippen LogP contribution in [0.3, 0.4) is 0 Å². The van der Waals surface area contributed by atoms with Crippen molar-refractivity contribution in [2.24, 2.45) is 0 Å². The molecule has 13 nitrogen and oxygen atoms in total. The number of terminal acetylenes is 1. The molecule has 1 fully saturated rings. The molecule has 28 heavy (non-hydrogen) atoms. The first kappa shape index (κ1) is 23.0. The standard InChI is InChI=1S/C11H13FN2O11P2S/c1-2-5-3-14(10(28)13-8(5)17)9-6(15)7(16)11(12,24-9)4-23-27(21,22)25-26(18,19)20/h1,3,6-7,9,15-16H,4H2,(H,21,22)(H,13,17,28)(H2,18,19,20)/t6-,7+,9-,11-/m1/s1. The summed E-state index contributed by atoms with van der Waals surface area (Å²) in [4.78, 5) is 39.9. The van der Waals surface area contributed by atoms with E-state index < -0.39 is 52.1 Å². The number of nitrogens with one attached hydrogen (secondary N) is 1. The van der Waals surface area contributed by atoms with Crippen LogP contribution in [0.5, 0.6) is 0 Å². The van der Waals surface area contributed by atoms with E-state index in [1.54, 1.807) is 0 Å². The first-order valence-electron chi connectivity index (χ1n) is 6.98. The minimum Gasteiger partial charge on any atom is -0.385 e. The molecule has 0 radical (unpaired) electrons. The molecule has 1 aliphatic rings. The Kier molecular flexibility index (Phi) is 6.46. The van der Waals surface area contributed by atoms with Crippen LogP contribution in [0.4, 0.5) is 4.39 Å². The van der Waals surface area contributed by atoms with E-state index >= 15 is 0 Å². The Labute approximate surface area is 160 Å². The molecule has 156 valence electrons. The first-order valence-corrected chi connectivity index (χ1v) is 10.4. The van der Waals surface area contributed by atoms with Crippen LogP contribution < -0.4 is 5.56 Å². The summed E-state index contributed by atoms with van der Waals surface area (Å²) in [5.74, 6) is -1.32. The lowest BCUT2D eigenvalue weighted by Gasteiger charge is -2.24. The zero-order valence-electron chi connectivity index (χ0n) is 13.4. The number of rotatable bonds is 6. The Morgan fingerprint density at radius 3 is 2.57 bits per heavy atom. The van der Waals surface area contributed by atoms with E-state index in [1.807, 2.05) is 5.92 Å². The molecular weight excluding hydrogens is 449 g/mol. The Morgan fingerprint density at radius 2 is 2.04 bits per heavy atom. The van der Waals surface area contributed by atoms with Gasteiger partial charge in [0, 0.05) is 6.20 Å². The van der Waals surface area contributed by atoms with Crippen molar-refractivity contribution in [3.05, 3.63) is 26.9 Å². The minimum atomic E-state index is -5.46. The van der Waals surface area contributed by atoms with Crippen molar-refractivity contribution in [2.75, 3.05) is 6.61 Å². The van der Waals surface area contributed by atoms with Crippen LogP contribution in [0.2, 0.25) is 0 Å². The molecule has 0 bridgehead atoms. The van der Waals surface area contributed by atoms with E-state index in [4.69, 9.17) is 33.2 Å². The van der Waals surface area contributed by atoms with Gasteiger partial charge in [-0.3, -0.25) is 18.9 Å². The van der Waals surface area contributed by atoms with E-state index in [1.165, 1.54) is 0 Å². The number of aliphatic hydroxyl groups is 2. The lowest BCUT2D eigenvalue weighted by atomic mass is 10.1. The van der Waals surface area contributed by atoms with Gasteiger partial charge in [0.15, 0.2) is 11.0 Å². The number of H-pyrrole nitrogens is 1. The molecule has 1 aromatic heterocycles. The maximum Gasteiger partial charge on any atom is 0.481 e. The molecule has 6 N–H and O–H groups in total. The second-order valence-electron chi connectivity index (χ2n) is 5.40. The predicted octanol–water partition coefficient (Wildman–Crippen LogP) is -0.970. The van der Waals surface area contributed by atoms with Gasteiger partial charge in [-0.05, 0) is 12.2 Å². The Morgan fingerprint density at radius 1 is 1.43 bits per heavy atom. The lowest BCUT2D eigenvalue weighted by Crippen LogP contribution is -2.42. The predicted molar refractivity (Wildman–Crippen MR) is 88.7 cm³/mol. The molecule has 5 atom stereocenters. The largest absolute Gasteiger partial charge is 0.481 e. The molecule has 0 spiro atoms. The summed E-state index contributed by atoms with van der Waals surface area (Å²) in [5.41, 5.74) is -1.01. The summed E-state index contributed by atoms with van der Waals surface area (Å²) in [6, 6.07) is 0. The Hall–Kier alpha value is -1.27. The van der Waals surface area contributed by atoms with Crippen molar-refractivity contribution < 1.29 is 52.0 Å². The van der Waals surface area contributed by atoms with Crippen molar-refractivity contribution in [1.82, 2.24) is 9.55 Å². The number of hydrogen-bond acceptors (Lipinski definition) is 9. The van der Waals surface area contributed by atoms with Crippen LogP contribution in [0.25, 0.3) is 0 Å². The van der Waals surface area contributed by atoms with E-state index in [0.717, 1.165) is 10.8 Å². The number of nitrogens with zero attached hydrogens (tertiary/aromatic N) is 1. The second kappa shape index (κ2) is 7.86. The van der Waals surface area contributed by atoms with Crippen LogP contribution in [0, 0.1) is 17.1 Å². The highest BCUT2D eigenvalue weighted by molar-refractivity contribution is 7.71. The summed E-state index contributed by atoms with van der Waals surface area (Å²) in [7, 11) is -10.9. The highest BCUT2D eigenvalue weighted by Gasteiger charge is 2.57.